The fraction of sp³-hybridized carbons (Fsp3) is 0.100. The first-order valence-electron chi connectivity index (χ1n) is 8.14. The van der Waals surface area contributed by atoms with E-state index in [1.54, 1.807) is 19.2 Å². The van der Waals surface area contributed by atoms with E-state index in [1.165, 1.54) is 11.6 Å². The second-order valence-corrected chi connectivity index (χ2v) is 6.54. The molecule has 0 unspecified atom stereocenters. The van der Waals surface area contributed by atoms with Gasteiger partial charge < -0.3 is 15.2 Å². The molecule has 27 heavy (non-hydrogen) atoms. The molecule has 6 nitrogen and oxygen atoms in total. The number of urea groups is 1. The molecule has 0 heterocycles. The SMILES string of the molecule is COc1cc(/C=N\NC(N)=O)c(Br)cc1OCc1cccc2ccccc12. The minimum absolute atomic E-state index is 0.404. The zero-order valence-electron chi connectivity index (χ0n) is 14.6. The van der Waals surface area contributed by atoms with Crippen LogP contribution in [0.15, 0.2) is 64.2 Å². The maximum atomic E-state index is 10.7. The van der Waals surface area contributed by atoms with Crippen molar-refractivity contribution >= 4 is 38.9 Å². The maximum absolute atomic E-state index is 10.7. The van der Waals surface area contributed by atoms with E-state index < -0.39 is 6.03 Å². The van der Waals surface area contributed by atoms with Crippen molar-refractivity contribution in [2.24, 2.45) is 10.8 Å². The third-order valence-corrected chi connectivity index (χ3v) is 4.61. The minimum Gasteiger partial charge on any atom is -0.493 e. The van der Waals surface area contributed by atoms with Crippen LogP contribution in [0, 0.1) is 0 Å². The van der Waals surface area contributed by atoms with E-state index in [2.05, 4.69) is 44.7 Å². The van der Waals surface area contributed by atoms with E-state index in [0.717, 1.165) is 15.4 Å². The highest BCUT2D eigenvalue weighted by Crippen LogP contribution is 2.34. The number of nitrogens with zero attached hydrogens (tertiary/aromatic N) is 1. The average Bonchev–Trinajstić information content (AvgIpc) is 2.67. The van der Waals surface area contributed by atoms with Crippen LogP contribution < -0.4 is 20.6 Å². The zero-order valence-corrected chi connectivity index (χ0v) is 16.2. The molecule has 0 saturated heterocycles. The Balaban J connectivity index is 1.83. The summed E-state index contributed by atoms with van der Waals surface area (Å²) in [7, 11) is 1.57. The van der Waals surface area contributed by atoms with Crippen LogP contribution in [0.2, 0.25) is 0 Å². The number of nitrogens with one attached hydrogen (secondary N) is 1. The van der Waals surface area contributed by atoms with Gasteiger partial charge in [-0.3, -0.25) is 0 Å². The number of fused-ring (bicyclic) bond motifs is 1. The van der Waals surface area contributed by atoms with Crippen molar-refractivity contribution in [3.63, 3.8) is 0 Å². The summed E-state index contributed by atoms with van der Waals surface area (Å²) in [5.74, 6) is 1.15. The smallest absolute Gasteiger partial charge is 0.332 e. The highest BCUT2D eigenvalue weighted by Gasteiger charge is 2.11. The average molecular weight is 428 g/mol. The number of hydrogen-bond acceptors (Lipinski definition) is 4. The molecule has 2 amide bonds. The molecule has 7 heteroatoms. The topological polar surface area (TPSA) is 85.9 Å². The predicted molar refractivity (Wildman–Crippen MR) is 109 cm³/mol. The summed E-state index contributed by atoms with van der Waals surface area (Å²) in [5, 5.41) is 6.08. The Morgan fingerprint density at radius 3 is 2.74 bits per heavy atom. The van der Waals surface area contributed by atoms with Crippen molar-refractivity contribution in [2.75, 3.05) is 7.11 Å². The number of benzene rings is 3. The van der Waals surface area contributed by atoms with Crippen LogP contribution in [0.4, 0.5) is 4.79 Å². The van der Waals surface area contributed by atoms with E-state index in [1.807, 2.05) is 24.3 Å². The van der Waals surface area contributed by atoms with Crippen molar-refractivity contribution in [3.05, 3.63) is 70.2 Å². The molecule has 0 bridgehead atoms. The molecule has 3 rings (SSSR count). The van der Waals surface area contributed by atoms with Gasteiger partial charge in [-0.2, -0.15) is 5.10 Å². The summed E-state index contributed by atoms with van der Waals surface area (Å²) in [6.45, 7) is 0.404. The second kappa shape index (κ2) is 8.55. The number of amides is 2. The summed E-state index contributed by atoms with van der Waals surface area (Å²) in [4.78, 5) is 10.7. The molecule has 3 aromatic rings. The van der Waals surface area contributed by atoms with Crippen LogP contribution in [0.5, 0.6) is 11.5 Å². The summed E-state index contributed by atoms with van der Waals surface area (Å²) in [5.41, 5.74) is 8.93. The number of carbonyl (C=O) groups is 1. The summed E-state index contributed by atoms with van der Waals surface area (Å²) in [6.07, 6.45) is 1.46. The number of ether oxygens (including phenoxy) is 2. The number of hydrogen-bond donors (Lipinski definition) is 2. The maximum Gasteiger partial charge on any atom is 0.332 e. The molecular formula is C20H18BrN3O3. The molecule has 138 valence electrons. The van der Waals surface area contributed by atoms with Gasteiger partial charge in [-0.25, -0.2) is 10.2 Å². The van der Waals surface area contributed by atoms with Gasteiger partial charge >= 0.3 is 6.03 Å². The number of methoxy groups -OCH3 is 1. The lowest BCUT2D eigenvalue weighted by atomic mass is 10.1. The van der Waals surface area contributed by atoms with Gasteiger partial charge in [0.25, 0.3) is 0 Å². The molecule has 0 radical (unpaired) electrons. The first-order chi connectivity index (χ1) is 13.1. The molecule has 0 aliphatic heterocycles. The molecule has 3 N–H and O–H groups in total. The summed E-state index contributed by atoms with van der Waals surface area (Å²) in [6, 6.07) is 17.1. The zero-order chi connectivity index (χ0) is 19.2. The first-order valence-corrected chi connectivity index (χ1v) is 8.93. The van der Waals surface area contributed by atoms with Gasteiger partial charge in [-0.05, 0) is 44.4 Å². The molecule has 0 aromatic heterocycles. The van der Waals surface area contributed by atoms with Gasteiger partial charge in [-0.15, -0.1) is 0 Å². The van der Waals surface area contributed by atoms with Crippen molar-refractivity contribution in [1.29, 1.82) is 0 Å². The number of carbonyl (C=O) groups excluding carboxylic acids is 1. The van der Waals surface area contributed by atoms with Gasteiger partial charge in [0.1, 0.15) is 6.61 Å². The number of nitrogens with two attached hydrogens (primary N) is 1. The van der Waals surface area contributed by atoms with Crippen LogP contribution in [0.25, 0.3) is 10.8 Å². The van der Waals surface area contributed by atoms with Crippen molar-refractivity contribution in [2.45, 2.75) is 6.61 Å². The fourth-order valence-electron chi connectivity index (χ4n) is 2.66. The van der Waals surface area contributed by atoms with E-state index >= 15 is 0 Å². The second-order valence-electron chi connectivity index (χ2n) is 5.69. The number of primary amides is 1. The lowest BCUT2D eigenvalue weighted by Crippen LogP contribution is -2.24. The molecule has 0 atom stereocenters. The Morgan fingerprint density at radius 1 is 1.19 bits per heavy atom. The monoisotopic (exact) mass is 427 g/mol. The molecular weight excluding hydrogens is 410 g/mol. The van der Waals surface area contributed by atoms with Crippen molar-refractivity contribution in [1.82, 2.24) is 5.43 Å². The molecule has 0 saturated carbocycles. The highest BCUT2D eigenvalue weighted by atomic mass is 79.9. The van der Waals surface area contributed by atoms with Gasteiger partial charge in [0.15, 0.2) is 11.5 Å². The van der Waals surface area contributed by atoms with Crippen molar-refractivity contribution in [3.8, 4) is 11.5 Å². The molecule has 0 fully saturated rings. The third kappa shape index (κ3) is 4.57. The van der Waals surface area contributed by atoms with Gasteiger partial charge in [-0.1, -0.05) is 42.5 Å². The number of hydrazone groups is 1. The Labute approximate surface area is 165 Å². The normalized spacial score (nSPS) is 10.9. The number of halogens is 1. The number of rotatable bonds is 6. The van der Waals surface area contributed by atoms with E-state index in [0.29, 0.717) is 23.7 Å². The quantitative estimate of drug-likeness (QED) is 0.456. The van der Waals surface area contributed by atoms with E-state index in [4.69, 9.17) is 15.2 Å². The fourth-order valence-corrected chi connectivity index (χ4v) is 3.09. The largest absolute Gasteiger partial charge is 0.493 e. The van der Waals surface area contributed by atoms with E-state index in [-0.39, 0.29) is 0 Å². The Hall–Kier alpha value is -3.06. The molecule has 0 aliphatic rings. The predicted octanol–water partition coefficient (Wildman–Crippen LogP) is 4.19. The molecule has 3 aromatic carbocycles. The van der Waals surface area contributed by atoms with Gasteiger partial charge in [0.05, 0.1) is 13.3 Å². The summed E-state index contributed by atoms with van der Waals surface area (Å²) < 4.78 is 12.2. The van der Waals surface area contributed by atoms with Crippen LogP contribution in [0.1, 0.15) is 11.1 Å². The van der Waals surface area contributed by atoms with Crippen molar-refractivity contribution < 1.29 is 14.3 Å². The lowest BCUT2D eigenvalue weighted by molar-refractivity contribution is 0.249. The van der Waals surface area contributed by atoms with Crippen LogP contribution in [0.3, 0.4) is 0 Å². The van der Waals surface area contributed by atoms with Gasteiger partial charge in [0, 0.05) is 10.0 Å². The first kappa shape index (κ1) is 18.7. The minimum atomic E-state index is -0.732. The Bertz CT molecular complexity index is 1000. The van der Waals surface area contributed by atoms with Gasteiger partial charge in [0.2, 0.25) is 0 Å². The standard InChI is InChI=1S/C20H18BrN3O3/c1-26-18-9-15(11-23-24-20(22)25)17(21)10-19(18)27-12-14-7-4-6-13-5-2-3-8-16(13)14/h2-11H,12H2,1H3,(H3,22,24,25)/b23-11-. The van der Waals surface area contributed by atoms with E-state index in [9.17, 15) is 4.79 Å². The summed E-state index contributed by atoms with van der Waals surface area (Å²) >= 11 is 3.47. The third-order valence-electron chi connectivity index (χ3n) is 3.92. The Kier molecular flexibility index (Phi) is 5.93. The van der Waals surface area contributed by atoms with Crippen LogP contribution >= 0.6 is 15.9 Å². The van der Waals surface area contributed by atoms with Crippen LogP contribution in [-0.4, -0.2) is 19.4 Å². The molecule has 0 spiro atoms. The lowest BCUT2D eigenvalue weighted by Gasteiger charge is -2.14. The molecule has 0 aliphatic carbocycles. The van der Waals surface area contributed by atoms with Crippen LogP contribution in [-0.2, 0) is 6.61 Å². The Morgan fingerprint density at radius 2 is 1.96 bits per heavy atom. The highest BCUT2D eigenvalue weighted by molar-refractivity contribution is 9.10.